The number of carbonyl (C=O) groups is 1. The van der Waals surface area contributed by atoms with Crippen LogP contribution < -0.4 is 4.90 Å². The second-order valence-corrected chi connectivity index (χ2v) is 13.1. The van der Waals surface area contributed by atoms with Crippen LogP contribution in [0.4, 0.5) is 10.1 Å². The molecule has 6 nitrogen and oxygen atoms in total. The summed E-state index contributed by atoms with van der Waals surface area (Å²) >= 11 is 6.21. The summed E-state index contributed by atoms with van der Waals surface area (Å²) in [5.41, 5.74) is 3.21. The van der Waals surface area contributed by atoms with Crippen molar-refractivity contribution in [3.05, 3.63) is 63.9 Å². The molecule has 2 atom stereocenters. The van der Waals surface area contributed by atoms with Crippen molar-refractivity contribution in [2.45, 2.75) is 45.3 Å². The predicted molar refractivity (Wildman–Crippen MR) is 143 cm³/mol. The average molecular weight is 536 g/mol. The zero-order chi connectivity index (χ0) is 26.2. The fourth-order valence-corrected chi connectivity index (χ4v) is 6.85. The molecule has 2 heterocycles. The first-order chi connectivity index (χ1) is 17.0. The second-order valence-electron chi connectivity index (χ2n) is 10.2. The minimum atomic E-state index is -3.53. The maximum absolute atomic E-state index is 15.2. The molecule has 0 saturated carbocycles. The molecule has 0 aromatic heterocycles. The Bertz CT molecular complexity index is 1230. The number of anilines is 1. The lowest BCUT2D eigenvalue weighted by Gasteiger charge is -2.43. The molecule has 2 fully saturated rings. The first kappa shape index (κ1) is 26.9. The Morgan fingerprint density at radius 3 is 2.39 bits per heavy atom. The number of halogens is 2. The molecule has 0 aliphatic carbocycles. The SMILES string of the molecule is Cc1ccc(Cl)cc1N1CCN(C(=O)[C@H]2CN(S(=O)(=O)C(C)C)CC[C@H]2c2cccc(C)c2F)CC1. The Kier molecular flexibility index (Phi) is 7.98. The van der Waals surface area contributed by atoms with Crippen LogP contribution in [0.3, 0.4) is 0 Å². The monoisotopic (exact) mass is 535 g/mol. The molecule has 4 rings (SSSR count). The van der Waals surface area contributed by atoms with Gasteiger partial charge in [-0.2, -0.15) is 0 Å². The van der Waals surface area contributed by atoms with Crippen LogP contribution in [0.1, 0.15) is 42.9 Å². The van der Waals surface area contributed by atoms with E-state index in [0.29, 0.717) is 48.7 Å². The molecule has 0 N–H and O–H groups in total. The molecule has 1 amide bonds. The number of aryl methyl sites for hydroxylation is 2. The number of sulfonamides is 1. The Balaban J connectivity index is 1.57. The van der Waals surface area contributed by atoms with Crippen LogP contribution in [0, 0.1) is 25.6 Å². The minimum absolute atomic E-state index is 0.0744. The number of benzene rings is 2. The number of piperidine rings is 1. The Morgan fingerprint density at radius 1 is 1.03 bits per heavy atom. The molecule has 0 bridgehead atoms. The van der Waals surface area contributed by atoms with Gasteiger partial charge in [0.25, 0.3) is 0 Å². The molecular formula is C27H35ClFN3O3S. The lowest BCUT2D eigenvalue weighted by atomic mass is 9.79. The molecule has 9 heteroatoms. The Morgan fingerprint density at radius 2 is 1.72 bits per heavy atom. The number of hydrogen-bond donors (Lipinski definition) is 0. The fraction of sp³-hybridized carbons (Fsp3) is 0.519. The topological polar surface area (TPSA) is 60.9 Å². The lowest BCUT2D eigenvalue weighted by molar-refractivity contribution is -0.137. The van der Waals surface area contributed by atoms with Crippen LogP contribution >= 0.6 is 11.6 Å². The minimum Gasteiger partial charge on any atom is -0.368 e. The summed E-state index contributed by atoms with van der Waals surface area (Å²) in [7, 11) is -3.53. The second kappa shape index (κ2) is 10.7. The maximum Gasteiger partial charge on any atom is 0.227 e. The van der Waals surface area contributed by atoms with Gasteiger partial charge in [0.05, 0.1) is 11.2 Å². The zero-order valence-electron chi connectivity index (χ0n) is 21.4. The first-order valence-electron chi connectivity index (χ1n) is 12.5. The number of piperazine rings is 1. The van der Waals surface area contributed by atoms with Crippen LogP contribution in [0.15, 0.2) is 36.4 Å². The third-order valence-corrected chi connectivity index (χ3v) is 10.1. The third-order valence-electron chi connectivity index (χ3n) is 7.57. The zero-order valence-corrected chi connectivity index (χ0v) is 22.9. The fourth-order valence-electron chi connectivity index (χ4n) is 5.36. The lowest BCUT2D eigenvalue weighted by Crippen LogP contribution is -2.55. The van der Waals surface area contributed by atoms with Crippen LogP contribution in [-0.4, -0.2) is 68.0 Å². The van der Waals surface area contributed by atoms with Gasteiger partial charge in [0.1, 0.15) is 5.82 Å². The number of hydrogen-bond acceptors (Lipinski definition) is 4. The average Bonchev–Trinajstić information content (AvgIpc) is 2.86. The Labute approximate surface area is 219 Å². The van der Waals surface area contributed by atoms with Gasteiger partial charge in [-0.3, -0.25) is 4.79 Å². The van der Waals surface area contributed by atoms with Crippen LogP contribution in [-0.2, 0) is 14.8 Å². The van der Waals surface area contributed by atoms with Crippen LogP contribution in [0.25, 0.3) is 0 Å². The third kappa shape index (κ3) is 5.27. The summed E-state index contributed by atoms with van der Waals surface area (Å²) in [5.74, 6) is -1.42. The van der Waals surface area contributed by atoms with Crippen molar-refractivity contribution in [3.8, 4) is 0 Å². The molecule has 2 aromatic carbocycles. The number of rotatable bonds is 5. The van der Waals surface area contributed by atoms with Gasteiger partial charge in [-0.25, -0.2) is 17.1 Å². The smallest absolute Gasteiger partial charge is 0.227 e. The largest absolute Gasteiger partial charge is 0.368 e. The molecular weight excluding hydrogens is 501 g/mol. The van der Waals surface area contributed by atoms with Gasteiger partial charge in [0, 0.05) is 55.9 Å². The van der Waals surface area contributed by atoms with Gasteiger partial charge in [-0.1, -0.05) is 35.9 Å². The van der Waals surface area contributed by atoms with E-state index in [0.717, 1.165) is 11.3 Å². The van der Waals surface area contributed by atoms with Crippen molar-refractivity contribution in [1.82, 2.24) is 9.21 Å². The summed E-state index contributed by atoms with van der Waals surface area (Å²) in [4.78, 5) is 17.9. The standard InChI is InChI=1S/C27H35ClFN3O3S/c1-18(2)36(34,35)32-11-10-22(23-7-5-6-20(4)26(23)29)24(17-32)27(33)31-14-12-30(13-15-31)25-16-21(28)9-8-19(25)3/h5-9,16,18,22,24H,10-15,17H2,1-4H3/t22-,24-/m0/s1. The molecule has 2 aliphatic heterocycles. The molecule has 196 valence electrons. The first-order valence-corrected chi connectivity index (χ1v) is 14.4. The van der Waals surface area contributed by atoms with E-state index in [2.05, 4.69) is 4.90 Å². The van der Waals surface area contributed by atoms with Crippen molar-refractivity contribution >= 4 is 33.2 Å². The van der Waals surface area contributed by atoms with Gasteiger partial charge < -0.3 is 9.80 Å². The Hall–Kier alpha value is -2.16. The van der Waals surface area contributed by atoms with E-state index >= 15 is 4.39 Å². The summed E-state index contributed by atoms with van der Waals surface area (Å²) < 4.78 is 42.5. The van der Waals surface area contributed by atoms with E-state index in [1.807, 2.05) is 30.0 Å². The van der Waals surface area contributed by atoms with E-state index in [-0.39, 0.29) is 30.7 Å². The highest BCUT2D eigenvalue weighted by atomic mass is 35.5. The van der Waals surface area contributed by atoms with Gasteiger partial charge in [-0.15, -0.1) is 0 Å². The van der Waals surface area contributed by atoms with E-state index in [1.165, 1.54) is 4.31 Å². The number of amides is 1. The van der Waals surface area contributed by atoms with Crippen molar-refractivity contribution in [1.29, 1.82) is 0 Å². The summed E-state index contributed by atoms with van der Waals surface area (Å²) in [6.07, 6.45) is 0.407. The molecule has 0 radical (unpaired) electrons. The maximum atomic E-state index is 15.2. The van der Waals surface area contributed by atoms with Crippen molar-refractivity contribution in [3.63, 3.8) is 0 Å². The highest BCUT2D eigenvalue weighted by Crippen LogP contribution is 2.38. The van der Waals surface area contributed by atoms with Crippen LogP contribution in [0.2, 0.25) is 5.02 Å². The summed E-state index contributed by atoms with van der Waals surface area (Å²) in [6.45, 7) is 9.73. The molecule has 2 aromatic rings. The highest BCUT2D eigenvalue weighted by molar-refractivity contribution is 7.89. The van der Waals surface area contributed by atoms with E-state index in [1.54, 1.807) is 39.0 Å². The molecule has 0 unspecified atom stereocenters. The van der Waals surface area contributed by atoms with Crippen molar-refractivity contribution < 1.29 is 17.6 Å². The van der Waals surface area contributed by atoms with Gasteiger partial charge in [0.15, 0.2) is 0 Å². The highest BCUT2D eigenvalue weighted by Gasteiger charge is 2.43. The number of carbonyl (C=O) groups excluding carboxylic acids is 1. The summed E-state index contributed by atoms with van der Waals surface area (Å²) in [5, 5.41) is 0.0933. The molecule has 36 heavy (non-hydrogen) atoms. The van der Waals surface area contributed by atoms with Gasteiger partial charge >= 0.3 is 0 Å². The van der Waals surface area contributed by atoms with Crippen LogP contribution in [0.5, 0.6) is 0 Å². The predicted octanol–water partition coefficient (Wildman–Crippen LogP) is 4.59. The molecule has 2 saturated heterocycles. The van der Waals surface area contributed by atoms with Crippen molar-refractivity contribution in [2.24, 2.45) is 5.92 Å². The molecule has 0 spiro atoms. The quantitative estimate of drug-likeness (QED) is 0.562. The normalized spacial score (nSPS) is 21.8. The van der Waals surface area contributed by atoms with Crippen molar-refractivity contribution in [2.75, 3.05) is 44.2 Å². The summed E-state index contributed by atoms with van der Waals surface area (Å²) in [6, 6.07) is 11.1. The van der Waals surface area contributed by atoms with E-state index in [4.69, 9.17) is 11.6 Å². The molecule has 2 aliphatic rings. The van der Waals surface area contributed by atoms with Gasteiger partial charge in [-0.05, 0) is 62.9 Å². The number of nitrogens with zero attached hydrogens (tertiary/aromatic N) is 3. The van der Waals surface area contributed by atoms with E-state index < -0.39 is 21.2 Å². The van der Waals surface area contributed by atoms with E-state index in [9.17, 15) is 13.2 Å². The van der Waals surface area contributed by atoms with Gasteiger partial charge in [0.2, 0.25) is 15.9 Å².